The van der Waals surface area contributed by atoms with E-state index >= 15 is 0 Å². The van der Waals surface area contributed by atoms with Gasteiger partial charge in [-0.15, -0.1) is 0 Å². The van der Waals surface area contributed by atoms with Crippen LogP contribution < -0.4 is 26.2 Å². The highest BCUT2D eigenvalue weighted by Gasteiger charge is 2.42. The van der Waals surface area contributed by atoms with E-state index in [-0.39, 0.29) is 65.2 Å². The molecule has 2 amide bonds. The smallest absolute Gasteiger partial charge is 0.345 e. The van der Waals surface area contributed by atoms with E-state index in [0.717, 1.165) is 49.2 Å². The maximum Gasteiger partial charge on any atom is 0.345 e. The predicted octanol–water partition coefficient (Wildman–Crippen LogP) is 5.60. The van der Waals surface area contributed by atoms with Gasteiger partial charge in [0.25, 0.3) is 11.8 Å². The number of piperidine rings is 1. The zero-order chi connectivity index (χ0) is 47.1. The lowest BCUT2D eigenvalue weighted by Gasteiger charge is -2.36. The molecule has 2 fully saturated rings. The summed E-state index contributed by atoms with van der Waals surface area (Å²) in [5.41, 5.74) is 2.98. The Morgan fingerprint density at radius 3 is 2.36 bits per heavy atom. The monoisotopic (exact) mass is 907 g/mol. The van der Waals surface area contributed by atoms with Gasteiger partial charge in [0.15, 0.2) is 6.61 Å². The number of aliphatic carboxylic acids is 1. The van der Waals surface area contributed by atoms with Crippen LogP contribution in [-0.4, -0.2) is 86.4 Å². The molecule has 14 heteroatoms. The Bertz CT molecular complexity index is 2780. The minimum Gasteiger partial charge on any atom is -0.506 e. The van der Waals surface area contributed by atoms with Crippen LogP contribution in [0, 0.1) is 12.8 Å². The van der Waals surface area contributed by atoms with Gasteiger partial charge >= 0.3 is 5.97 Å². The molecule has 8 rings (SSSR count). The van der Waals surface area contributed by atoms with Crippen LogP contribution >= 0.6 is 0 Å². The number of aryl methyl sites for hydroxylation is 1. The number of rotatable bonds is 18. The highest BCUT2D eigenvalue weighted by atomic mass is 16.5. The number of ether oxygens (including phenoxy) is 1. The van der Waals surface area contributed by atoms with Crippen molar-refractivity contribution in [2.24, 2.45) is 5.92 Å². The number of phenols is 1. The maximum atomic E-state index is 13.2. The van der Waals surface area contributed by atoms with E-state index in [9.17, 15) is 39.6 Å². The molecule has 2 aliphatic rings. The largest absolute Gasteiger partial charge is 0.506 e. The Balaban J connectivity index is 0.783. The first kappa shape index (κ1) is 46.7. The van der Waals surface area contributed by atoms with E-state index in [1.54, 1.807) is 48.5 Å². The quantitative estimate of drug-likeness (QED) is 0.0532. The third kappa shape index (κ3) is 11.1. The number of phenolic OH excluding ortho intramolecular Hbond substituents is 1. The van der Waals surface area contributed by atoms with Crippen LogP contribution in [0.5, 0.6) is 11.5 Å². The molecule has 14 nitrogen and oxygen atoms in total. The number of carboxylic acid groups (broad SMARTS) is 1. The Labute approximate surface area is 388 Å². The number of aliphatic hydroxyl groups excluding tert-OH is 1. The molecule has 1 aliphatic carbocycles. The van der Waals surface area contributed by atoms with E-state index in [4.69, 9.17) is 4.74 Å². The number of H-pyrrole nitrogens is 1. The Morgan fingerprint density at radius 1 is 0.851 bits per heavy atom. The van der Waals surface area contributed by atoms with Crippen LogP contribution in [0.2, 0.25) is 0 Å². The van der Waals surface area contributed by atoms with Crippen molar-refractivity contribution in [3.05, 3.63) is 176 Å². The van der Waals surface area contributed by atoms with Crippen molar-refractivity contribution in [1.29, 1.82) is 0 Å². The number of hydrogen-bond acceptors (Lipinski definition) is 10. The number of likely N-dealkylation sites (tertiary alicyclic amines) is 1. The van der Waals surface area contributed by atoms with Crippen molar-refractivity contribution in [2.75, 3.05) is 26.2 Å². The zero-order valence-electron chi connectivity index (χ0n) is 37.4. The summed E-state index contributed by atoms with van der Waals surface area (Å²) >= 11 is 0. The van der Waals surface area contributed by atoms with Crippen molar-refractivity contribution in [2.45, 2.75) is 75.9 Å². The zero-order valence-corrected chi connectivity index (χ0v) is 37.4. The first-order valence-electron chi connectivity index (χ1n) is 22.8. The SMILES string of the molecule is Cc1cc(C(=O)NC2CC(NC(=O)COc3cccc(C(O)(C(=O)O)c4ccccc4CC4CCN(Cc5ccccc5)CC4)c3)C2)ccc1CNC[C@H](O)c1ccc(O)c2[nH]c(=O)ccc12. The van der Waals surface area contributed by atoms with Crippen molar-refractivity contribution in [1.82, 2.24) is 25.8 Å². The molecule has 1 aliphatic heterocycles. The predicted molar refractivity (Wildman–Crippen MR) is 254 cm³/mol. The summed E-state index contributed by atoms with van der Waals surface area (Å²) in [4.78, 5) is 55.8. The fourth-order valence-corrected chi connectivity index (χ4v) is 9.34. The van der Waals surface area contributed by atoms with Crippen LogP contribution in [-0.2, 0) is 34.7 Å². The number of carbonyl (C=O) groups excluding carboxylic acids is 2. The number of hydrogen-bond donors (Lipinski definition) is 8. The molecule has 1 saturated carbocycles. The Kier molecular flexibility index (Phi) is 14.5. The number of aromatic nitrogens is 1. The highest BCUT2D eigenvalue weighted by molar-refractivity contribution is 5.95. The molecular weight excluding hydrogens is 851 g/mol. The molecule has 2 atom stereocenters. The maximum absolute atomic E-state index is 13.2. The van der Waals surface area contributed by atoms with Crippen molar-refractivity contribution in [3.63, 3.8) is 0 Å². The van der Waals surface area contributed by atoms with Gasteiger partial charge in [-0.05, 0) is 122 Å². The molecule has 0 bridgehead atoms. The minimum absolute atomic E-state index is 0.0759. The van der Waals surface area contributed by atoms with Gasteiger partial charge in [-0.25, -0.2) is 4.79 Å². The molecule has 0 radical (unpaired) electrons. The number of nitrogens with one attached hydrogen (secondary N) is 4. The highest BCUT2D eigenvalue weighted by Crippen LogP contribution is 2.36. The lowest BCUT2D eigenvalue weighted by Crippen LogP contribution is -2.54. The second-order valence-electron chi connectivity index (χ2n) is 17.9. The van der Waals surface area contributed by atoms with E-state index in [1.807, 2.05) is 37.3 Å². The standard InChI is InChI=1S/C53H57N5O9/c1-33-24-37(14-15-38(33)29-54-30-47(60)43-16-18-46(59)50-44(43)17-19-48(61)57-50)51(63)56-41-27-40(28-41)55-49(62)32-67-42-12-7-11-39(26-42)53(66,52(64)65)45-13-6-5-10-36(45)25-34-20-22-58(23-21-34)31-35-8-3-2-4-9-35/h2-19,24,26,34,40-41,47,54,59-60,66H,20-23,25,27-32H2,1H3,(H,55,62)(H,56,63)(H,57,61)(H,64,65)/t40?,41?,47-,53?/m0/s1. The summed E-state index contributed by atoms with van der Waals surface area (Å²) in [5, 5.41) is 53.4. The first-order valence-corrected chi connectivity index (χ1v) is 22.8. The molecule has 6 aromatic rings. The Morgan fingerprint density at radius 2 is 1.60 bits per heavy atom. The average Bonchev–Trinajstić information content (AvgIpc) is 3.31. The minimum atomic E-state index is -2.35. The van der Waals surface area contributed by atoms with Gasteiger partial charge in [0.05, 0.1) is 11.6 Å². The van der Waals surface area contributed by atoms with E-state index in [2.05, 4.69) is 50.1 Å². The molecule has 2 heterocycles. The summed E-state index contributed by atoms with van der Waals surface area (Å²) < 4.78 is 5.82. The lowest BCUT2D eigenvalue weighted by molar-refractivity contribution is -0.155. The molecule has 1 saturated heterocycles. The fourth-order valence-electron chi connectivity index (χ4n) is 9.34. The van der Waals surface area contributed by atoms with Gasteiger partial charge in [0.1, 0.15) is 11.5 Å². The average molecular weight is 908 g/mol. The third-order valence-electron chi connectivity index (χ3n) is 13.2. The fraction of sp³-hybridized carbons (Fsp3) is 0.321. The number of fused-ring (bicyclic) bond motifs is 1. The number of aliphatic hydroxyl groups is 2. The van der Waals surface area contributed by atoms with Gasteiger partial charge < -0.3 is 46.1 Å². The summed E-state index contributed by atoms with van der Waals surface area (Å²) in [6.07, 6.45) is 2.75. The van der Waals surface area contributed by atoms with Crippen LogP contribution in [0.25, 0.3) is 10.9 Å². The number of nitrogens with zero attached hydrogens (tertiary/aromatic N) is 1. The van der Waals surface area contributed by atoms with Crippen LogP contribution in [0.15, 0.2) is 126 Å². The van der Waals surface area contributed by atoms with Gasteiger partial charge in [-0.2, -0.15) is 0 Å². The summed E-state index contributed by atoms with van der Waals surface area (Å²) in [5.74, 6) is -1.49. The molecule has 5 aromatic carbocycles. The normalized spacial score (nSPS) is 17.8. The summed E-state index contributed by atoms with van der Waals surface area (Å²) in [7, 11) is 0. The number of carbonyl (C=O) groups is 3. The van der Waals surface area contributed by atoms with E-state index in [1.165, 1.54) is 23.8 Å². The molecule has 1 aromatic heterocycles. The molecule has 1 unspecified atom stereocenters. The second-order valence-corrected chi connectivity index (χ2v) is 17.9. The number of benzene rings is 5. The number of carboxylic acids is 1. The number of aromatic amines is 1. The van der Waals surface area contributed by atoms with Crippen LogP contribution in [0.1, 0.15) is 81.1 Å². The van der Waals surface area contributed by atoms with Gasteiger partial charge in [0, 0.05) is 59.9 Å². The van der Waals surface area contributed by atoms with Gasteiger partial charge in [-0.3, -0.25) is 19.3 Å². The van der Waals surface area contributed by atoms with Crippen LogP contribution in [0.3, 0.4) is 0 Å². The van der Waals surface area contributed by atoms with Crippen LogP contribution in [0.4, 0.5) is 0 Å². The van der Waals surface area contributed by atoms with Crippen molar-refractivity contribution >= 4 is 28.7 Å². The van der Waals surface area contributed by atoms with Crippen molar-refractivity contribution in [3.8, 4) is 11.5 Å². The molecule has 348 valence electrons. The van der Waals surface area contributed by atoms with Gasteiger partial charge in [-0.1, -0.05) is 78.9 Å². The second kappa shape index (κ2) is 20.8. The summed E-state index contributed by atoms with van der Waals surface area (Å²) in [6.45, 7) is 5.02. The molecule has 8 N–H and O–H groups in total. The summed E-state index contributed by atoms with van der Waals surface area (Å²) in [6, 6.07) is 34.9. The third-order valence-corrected chi connectivity index (χ3v) is 13.2. The number of pyridine rings is 1. The number of amides is 2. The number of aromatic hydroxyl groups is 1. The topological polar surface area (TPSA) is 214 Å². The van der Waals surface area contributed by atoms with E-state index in [0.29, 0.717) is 53.8 Å². The molecular formula is C53H57N5O9. The lowest BCUT2D eigenvalue weighted by atomic mass is 9.80. The molecule has 67 heavy (non-hydrogen) atoms. The van der Waals surface area contributed by atoms with Crippen molar-refractivity contribution < 1.29 is 39.5 Å². The Hall–Kier alpha value is -6.84. The first-order chi connectivity index (χ1) is 32.3. The van der Waals surface area contributed by atoms with Gasteiger partial charge in [0.2, 0.25) is 11.2 Å². The molecule has 0 spiro atoms. The van der Waals surface area contributed by atoms with E-state index < -0.39 is 17.7 Å².